The first kappa shape index (κ1) is 13.5. The van der Waals surface area contributed by atoms with Gasteiger partial charge < -0.3 is 10.6 Å². The van der Waals surface area contributed by atoms with Gasteiger partial charge in [-0.25, -0.2) is 0 Å². The largest absolute Gasteiger partial charge is 0.373 e. The molecule has 92 valence electrons. The average Bonchev–Trinajstić information content (AvgIpc) is 2.35. The second-order valence-electron chi connectivity index (χ2n) is 4.75. The summed E-state index contributed by atoms with van der Waals surface area (Å²) in [5.41, 5.74) is 7.72. The summed E-state index contributed by atoms with van der Waals surface area (Å²) in [6, 6.07) is 10.1. The Morgan fingerprint density at radius 3 is 2.59 bits per heavy atom. The highest BCUT2D eigenvalue weighted by Gasteiger charge is 2.11. The van der Waals surface area contributed by atoms with Crippen LogP contribution in [0.3, 0.4) is 0 Å². The third kappa shape index (κ3) is 3.76. The minimum absolute atomic E-state index is 0.215. The first-order valence-electron chi connectivity index (χ1n) is 6.02. The lowest BCUT2D eigenvalue weighted by Crippen LogP contribution is -2.32. The van der Waals surface area contributed by atoms with Gasteiger partial charge in [0.25, 0.3) is 0 Å². The van der Waals surface area contributed by atoms with Crippen molar-refractivity contribution in [2.24, 2.45) is 11.7 Å². The second kappa shape index (κ2) is 6.27. The van der Waals surface area contributed by atoms with Gasteiger partial charge in [-0.05, 0) is 24.5 Å². The molecular formula is C14H21N3. The SMILES string of the molecule is CC(C)C(N)CCN(C)c1ccccc1C#N. The van der Waals surface area contributed by atoms with E-state index in [0.717, 1.165) is 18.7 Å². The van der Waals surface area contributed by atoms with E-state index in [4.69, 9.17) is 11.0 Å². The molecule has 0 fully saturated rings. The third-order valence-corrected chi connectivity index (χ3v) is 3.09. The van der Waals surface area contributed by atoms with E-state index in [1.165, 1.54) is 0 Å². The number of rotatable bonds is 5. The molecule has 1 aromatic carbocycles. The van der Waals surface area contributed by atoms with E-state index >= 15 is 0 Å². The van der Waals surface area contributed by atoms with Crippen LogP contribution in [-0.2, 0) is 0 Å². The van der Waals surface area contributed by atoms with E-state index in [-0.39, 0.29) is 6.04 Å². The van der Waals surface area contributed by atoms with E-state index in [2.05, 4.69) is 24.8 Å². The Morgan fingerprint density at radius 2 is 2.00 bits per heavy atom. The van der Waals surface area contributed by atoms with Crippen LogP contribution in [0.4, 0.5) is 5.69 Å². The molecule has 0 spiro atoms. The molecule has 0 radical (unpaired) electrons. The van der Waals surface area contributed by atoms with Gasteiger partial charge in [-0.1, -0.05) is 26.0 Å². The third-order valence-electron chi connectivity index (χ3n) is 3.09. The Bertz CT molecular complexity index is 393. The smallest absolute Gasteiger partial charge is 0.101 e. The first-order chi connectivity index (χ1) is 8.06. The molecular weight excluding hydrogens is 210 g/mol. The number of nitrogens with two attached hydrogens (primary N) is 1. The summed E-state index contributed by atoms with van der Waals surface area (Å²) >= 11 is 0. The van der Waals surface area contributed by atoms with Crippen molar-refractivity contribution in [3.8, 4) is 6.07 Å². The van der Waals surface area contributed by atoms with Crippen molar-refractivity contribution in [3.05, 3.63) is 29.8 Å². The van der Waals surface area contributed by atoms with Gasteiger partial charge in [0, 0.05) is 19.6 Å². The quantitative estimate of drug-likeness (QED) is 0.846. The number of benzene rings is 1. The highest BCUT2D eigenvalue weighted by atomic mass is 15.1. The molecule has 0 aliphatic rings. The minimum Gasteiger partial charge on any atom is -0.373 e. The van der Waals surface area contributed by atoms with Crippen molar-refractivity contribution >= 4 is 5.69 Å². The number of nitriles is 1. The van der Waals surface area contributed by atoms with Gasteiger partial charge in [-0.15, -0.1) is 0 Å². The fourth-order valence-electron chi connectivity index (χ4n) is 1.70. The molecule has 1 atom stereocenters. The van der Waals surface area contributed by atoms with Gasteiger partial charge in [0.1, 0.15) is 6.07 Å². The van der Waals surface area contributed by atoms with Crippen LogP contribution in [0, 0.1) is 17.2 Å². The summed E-state index contributed by atoms with van der Waals surface area (Å²) in [6.45, 7) is 5.14. The van der Waals surface area contributed by atoms with Crippen LogP contribution >= 0.6 is 0 Å². The van der Waals surface area contributed by atoms with Crippen molar-refractivity contribution in [1.29, 1.82) is 5.26 Å². The molecule has 0 saturated carbocycles. The maximum atomic E-state index is 9.03. The lowest BCUT2D eigenvalue weighted by molar-refractivity contribution is 0.466. The van der Waals surface area contributed by atoms with Crippen molar-refractivity contribution in [3.63, 3.8) is 0 Å². The molecule has 1 unspecified atom stereocenters. The lowest BCUT2D eigenvalue weighted by atomic mass is 10.0. The zero-order valence-electron chi connectivity index (χ0n) is 10.9. The topological polar surface area (TPSA) is 53.0 Å². The molecule has 3 nitrogen and oxygen atoms in total. The summed E-state index contributed by atoms with van der Waals surface area (Å²) in [4.78, 5) is 2.10. The molecule has 1 aromatic rings. The van der Waals surface area contributed by atoms with E-state index in [0.29, 0.717) is 11.5 Å². The van der Waals surface area contributed by atoms with Crippen LogP contribution in [0.1, 0.15) is 25.8 Å². The van der Waals surface area contributed by atoms with Gasteiger partial charge in [-0.3, -0.25) is 0 Å². The van der Waals surface area contributed by atoms with Crippen LogP contribution in [0.2, 0.25) is 0 Å². The molecule has 3 heteroatoms. The molecule has 0 bridgehead atoms. The molecule has 0 heterocycles. The maximum absolute atomic E-state index is 9.03. The van der Waals surface area contributed by atoms with Crippen molar-refractivity contribution in [2.75, 3.05) is 18.5 Å². The molecule has 0 aliphatic carbocycles. The molecule has 0 aromatic heterocycles. The van der Waals surface area contributed by atoms with E-state index in [1.54, 1.807) is 0 Å². The summed E-state index contributed by atoms with van der Waals surface area (Å²) in [5.74, 6) is 0.495. The Kier molecular flexibility index (Phi) is 4.99. The van der Waals surface area contributed by atoms with E-state index in [1.807, 2.05) is 31.3 Å². The Balaban J connectivity index is 2.64. The predicted octanol–water partition coefficient (Wildman–Crippen LogP) is 2.37. The summed E-state index contributed by atoms with van der Waals surface area (Å²) in [7, 11) is 2.00. The predicted molar refractivity (Wildman–Crippen MR) is 71.9 cm³/mol. The summed E-state index contributed by atoms with van der Waals surface area (Å²) in [6.07, 6.45) is 0.938. The summed E-state index contributed by atoms with van der Waals surface area (Å²) in [5, 5.41) is 9.03. The zero-order valence-corrected chi connectivity index (χ0v) is 10.9. The number of nitrogens with zero attached hydrogens (tertiary/aromatic N) is 2. The normalized spacial score (nSPS) is 12.2. The molecule has 0 aliphatic heterocycles. The molecule has 17 heavy (non-hydrogen) atoms. The maximum Gasteiger partial charge on any atom is 0.101 e. The van der Waals surface area contributed by atoms with Gasteiger partial charge in [0.05, 0.1) is 11.3 Å². The molecule has 2 N–H and O–H groups in total. The standard InChI is InChI=1S/C14H21N3/c1-11(2)13(16)8-9-17(3)14-7-5-4-6-12(14)10-15/h4-7,11,13H,8-9,16H2,1-3H3. The van der Waals surface area contributed by atoms with Crippen LogP contribution in [0.5, 0.6) is 0 Å². The Morgan fingerprint density at radius 1 is 1.35 bits per heavy atom. The van der Waals surface area contributed by atoms with Crippen LogP contribution in [-0.4, -0.2) is 19.6 Å². The lowest BCUT2D eigenvalue weighted by Gasteiger charge is -2.23. The van der Waals surface area contributed by atoms with E-state index in [9.17, 15) is 0 Å². The zero-order chi connectivity index (χ0) is 12.8. The number of anilines is 1. The minimum atomic E-state index is 0.215. The highest BCUT2D eigenvalue weighted by Crippen LogP contribution is 2.18. The van der Waals surface area contributed by atoms with Crippen molar-refractivity contribution in [1.82, 2.24) is 0 Å². The fourth-order valence-corrected chi connectivity index (χ4v) is 1.70. The average molecular weight is 231 g/mol. The number of para-hydroxylation sites is 1. The van der Waals surface area contributed by atoms with Gasteiger partial charge >= 0.3 is 0 Å². The second-order valence-corrected chi connectivity index (χ2v) is 4.75. The van der Waals surface area contributed by atoms with Gasteiger partial charge in [0.15, 0.2) is 0 Å². The molecule has 0 amide bonds. The Labute approximate surface area is 104 Å². The molecule has 1 rings (SSSR count). The number of hydrogen-bond donors (Lipinski definition) is 1. The van der Waals surface area contributed by atoms with Gasteiger partial charge in [-0.2, -0.15) is 5.26 Å². The summed E-state index contributed by atoms with van der Waals surface area (Å²) < 4.78 is 0. The number of hydrogen-bond acceptors (Lipinski definition) is 3. The van der Waals surface area contributed by atoms with Gasteiger partial charge in [0.2, 0.25) is 0 Å². The van der Waals surface area contributed by atoms with Crippen molar-refractivity contribution < 1.29 is 0 Å². The Hall–Kier alpha value is -1.53. The fraction of sp³-hybridized carbons (Fsp3) is 0.500. The van der Waals surface area contributed by atoms with Crippen molar-refractivity contribution in [2.45, 2.75) is 26.3 Å². The van der Waals surface area contributed by atoms with Crippen LogP contribution in [0.25, 0.3) is 0 Å². The highest BCUT2D eigenvalue weighted by molar-refractivity contribution is 5.58. The molecule has 0 saturated heterocycles. The monoisotopic (exact) mass is 231 g/mol. The van der Waals surface area contributed by atoms with Crippen LogP contribution < -0.4 is 10.6 Å². The first-order valence-corrected chi connectivity index (χ1v) is 6.02. The van der Waals surface area contributed by atoms with E-state index < -0.39 is 0 Å². The van der Waals surface area contributed by atoms with Crippen LogP contribution in [0.15, 0.2) is 24.3 Å².